The van der Waals surface area contributed by atoms with Gasteiger partial charge in [0.05, 0.1) is 12.1 Å². The van der Waals surface area contributed by atoms with Crippen molar-refractivity contribution in [1.29, 1.82) is 5.26 Å². The fraction of sp³-hybridized carbons (Fsp3) is 0.185. The number of hydrogen-bond acceptors (Lipinski definition) is 4. The van der Waals surface area contributed by atoms with Crippen molar-refractivity contribution in [2.75, 3.05) is 12.4 Å². The molecule has 3 rings (SSSR count). The summed E-state index contributed by atoms with van der Waals surface area (Å²) in [5.41, 5.74) is 5.09. The second kappa shape index (κ2) is 11.1. The van der Waals surface area contributed by atoms with Crippen molar-refractivity contribution in [3.05, 3.63) is 92.0 Å². The van der Waals surface area contributed by atoms with Gasteiger partial charge < -0.3 is 14.8 Å². The Morgan fingerprint density at radius 1 is 1.06 bits per heavy atom. The molecule has 174 valence electrons. The lowest BCUT2D eigenvalue weighted by Crippen LogP contribution is -2.14. The van der Waals surface area contributed by atoms with Crippen LogP contribution in [-0.2, 0) is 11.4 Å². The summed E-state index contributed by atoms with van der Waals surface area (Å²) in [6.45, 7) is 6.21. The number of nitriles is 1. The monoisotopic (exact) mass is 494 g/mol. The molecule has 0 fully saturated rings. The first-order valence-electron chi connectivity index (χ1n) is 10.5. The van der Waals surface area contributed by atoms with Gasteiger partial charge in [-0.05, 0) is 67.8 Å². The Kier molecular flexibility index (Phi) is 8.22. The SMILES string of the molecule is COc1cc(/C=C(\C#N)C(=O)Nc2cc(Cl)ccc2C)cc(Cl)c1OCc1cc(C)cc(C)c1. The van der Waals surface area contributed by atoms with Gasteiger partial charge >= 0.3 is 0 Å². The van der Waals surface area contributed by atoms with E-state index in [2.05, 4.69) is 11.4 Å². The van der Waals surface area contributed by atoms with Gasteiger partial charge in [-0.15, -0.1) is 0 Å². The summed E-state index contributed by atoms with van der Waals surface area (Å²) in [6, 6.07) is 16.5. The predicted molar refractivity (Wildman–Crippen MR) is 137 cm³/mol. The summed E-state index contributed by atoms with van der Waals surface area (Å²) in [4.78, 5) is 12.7. The normalized spacial score (nSPS) is 11.0. The highest BCUT2D eigenvalue weighted by molar-refractivity contribution is 6.32. The predicted octanol–water partition coefficient (Wildman–Crippen LogP) is 7.05. The van der Waals surface area contributed by atoms with Crippen molar-refractivity contribution in [3.8, 4) is 17.6 Å². The van der Waals surface area contributed by atoms with Crippen LogP contribution in [0.15, 0.2) is 54.1 Å². The molecule has 3 aromatic carbocycles. The molecule has 0 heterocycles. The lowest BCUT2D eigenvalue weighted by molar-refractivity contribution is -0.112. The van der Waals surface area contributed by atoms with Gasteiger partial charge in [0.25, 0.3) is 5.91 Å². The summed E-state index contributed by atoms with van der Waals surface area (Å²) in [5.74, 6) is 0.225. The number of carbonyl (C=O) groups excluding carboxylic acids is 1. The van der Waals surface area contributed by atoms with Gasteiger partial charge in [0.2, 0.25) is 0 Å². The number of hydrogen-bond donors (Lipinski definition) is 1. The summed E-state index contributed by atoms with van der Waals surface area (Å²) >= 11 is 12.5. The minimum atomic E-state index is -0.557. The number of nitrogens with one attached hydrogen (secondary N) is 1. The third-order valence-corrected chi connectivity index (χ3v) is 5.56. The first-order valence-corrected chi connectivity index (χ1v) is 11.2. The Morgan fingerprint density at radius 3 is 2.41 bits per heavy atom. The molecule has 0 aliphatic carbocycles. The molecule has 0 unspecified atom stereocenters. The third-order valence-electron chi connectivity index (χ3n) is 5.04. The summed E-state index contributed by atoms with van der Waals surface area (Å²) < 4.78 is 11.4. The van der Waals surface area contributed by atoms with E-state index in [1.807, 2.05) is 39.0 Å². The standard InChI is InChI=1S/C27H24Cl2N2O3/c1-16-7-17(2)9-20(8-16)15-34-26-23(29)11-19(12-25(26)33-4)10-21(14-30)27(32)31-24-13-22(28)6-5-18(24)3/h5-13H,15H2,1-4H3,(H,31,32)/b21-10+. The van der Waals surface area contributed by atoms with Crippen LogP contribution in [0.4, 0.5) is 5.69 Å². The number of halogens is 2. The van der Waals surface area contributed by atoms with Crippen molar-refractivity contribution in [3.63, 3.8) is 0 Å². The van der Waals surface area contributed by atoms with Crippen LogP contribution >= 0.6 is 23.2 Å². The molecule has 0 aromatic heterocycles. The van der Waals surface area contributed by atoms with Gasteiger partial charge in [0.15, 0.2) is 11.5 Å². The van der Waals surface area contributed by atoms with Crippen LogP contribution in [0.3, 0.4) is 0 Å². The zero-order valence-corrected chi connectivity index (χ0v) is 20.8. The number of aryl methyl sites for hydroxylation is 3. The Hall–Kier alpha value is -3.46. The smallest absolute Gasteiger partial charge is 0.266 e. The van der Waals surface area contributed by atoms with Crippen LogP contribution in [0, 0.1) is 32.1 Å². The van der Waals surface area contributed by atoms with Crippen LogP contribution in [0.2, 0.25) is 10.0 Å². The number of rotatable bonds is 7. The van der Waals surface area contributed by atoms with Crippen molar-refractivity contribution >= 4 is 40.9 Å². The molecule has 0 saturated heterocycles. The molecule has 3 aromatic rings. The third kappa shape index (κ3) is 6.32. The van der Waals surface area contributed by atoms with Crippen LogP contribution in [0.25, 0.3) is 6.08 Å². The lowest BCUT2D eigenvalue weighted by Gasteiger charge is -2.14. The molecule has 0 aliphatic heterocycles. The van der Waals surface area contributed by atoms with Gasteiger partial charge in [0, 0.05) is 10.7 Å². The van der Waals surface area contributed by atoms with Gasteiger partial charge in [-0.2, -0.15) is 5.26 Å². The highest BCUT2D eigenvalue weighted by Gasteiger charge is 2.15. The van der Waals surface area contributed by atoms with Crippen molar-refractivity contribution in [1.82, 2.24) is 0 Å². The largest absolute Gasteiger partial charge is 0.493 e. The number of methoxy groups -OCH3 is 1. The van der Waals surface area contributed by atoms with Gasteiger partial charge in [-0.3, -0.25) is 4.79 Å². The van der Waals surface area contributed by atoms with E-state index in [1.54, 1.807) is 30.3 Å². The van der Waals surface area contributed by atoms with Crippen LogP contribution in [0.5, 0.6) is 11.5 Å². The lowest BCUT2D eigenvalue weighted by atomic mass is 10.1. The first kappa shape index (κ1) is 25.2. The Balaban J connectivity index is 1.84. The molecule has 0 spiro atoms. The van der Waals surface area contributed by atoms with Gasteiger partial charge in [-0.25, -0.2) is 0 Å². The Morgan fingerprint density at radius 2 is 1.76 bits per heavy atom. The topological polar surface area (TPSA) is 71.3 Å². The van der Waals surface area contributed by atoms with Crippen LogP contribution < -0.4 is 14.8 Å². The fourth-order valence-electron chi connectivity index (χ4n) is 3.50. The molecule has 0 saturated carbocycles. The number of ether oxygens (including phenoxy) is 2. The van der Waals surface area contributed by atoms with Gasteiger partial charge in [0.1, 0.15) is 18.2 Å². The van der Waals surface area contributed by atoms with E-state index in [0.29, 0.717) is 39.4 Å². The molecule has 0 radical (unpaired) electrons. The zero-order valence-electron chi connectivity index (χ0n) is 19.3. The molecule has 1 N–H and O–H groups in total. The minimum absolute atomic E-state index is 0.0959. The summed E-state index contributed by atoms with van der Waals surface area (Å²) in [5, 5.41) is 13.1. The fourth-order valence-corrected chi connectivity index (χ4v) is 3.95. The molecule has 1 amide bonds. The van der Waals surface area contributed by atoms with Gasteiger partial charge in [-0.1, -0.05) is 58.6 Å². The second-order valence-electron chi connectivity index (χ2n) is 7.90. The van der Waals surface area contributed by atoms with E-state index in [1.165, 1.54) is 13.2 Å². The summed E-state index contributed by atoms with van der Waals surface area (Å²) in [7, 11) is 1.50. The van der Waals surface area contributed by atoms with E-state index in [4.69, 9.17) is 32.7 Å². The van der Waals surface area contributed by atoms with E-state index in [0.717, 1.165) is 22.3 Å². The molecule has 0 aliphatic rings. The molecule has 7 heteroatoms. The maximum Gasteiger partial charge on any atom is 0.266 e. The highest BCUT2D eigenvalue weighted by atomic mass is 35.5. The van der Waals surface area contributed by atoms with E-state index >= 15 is 0 Å². The van der Waals surface area contributed by atoms with Crippen molar-refractivity contribution < 1.29 is 14.3 Å². The van der Waals surface area contributed by atoms with Crippen LogP contribution in [-0.4, -0.2) is 13.0 Å². The molecule has 0 bridgehead atoms. The van der Waals surface area contributed by atoms with Crippen LogP contribution in [0.1, 0.15) is 27.8 Å². The number of carbonyl (C=O) groups is 1. The zero-order chi connectivity index (χ0) is 24.8. The molecular weight excluding hydrogens is 471 g/mol. The molecular formula is C27H24Cl2N2O3. The maximum atomic E-state index is 12.7. The quantitative estimate of drug-likeness (QED) is 0.282. The number of anilines is 1. The first-order chi connectivity index (χ1) is 16.2. The number of amides is 1. The van der Waals surface area contributed by atoms with Crippen molar-refractivity contribution in [2.24, 2.45) is 0 Å². The maximum absolute atomic E-state index is 12.7. The number of benzene rings is 3. The highest BCUT2D eigenvalue weighted by Crippen LogP contribution is 2.37. The average molecular weight is 495 g/mol. The minimum Gasteiger partial charge on any atom is -0.493 e. The Labute approximate surface area is 209 Å². The molecule has 5 nitrogen and oxygen atoms in total. The second-order valence-corrected chi connectivity index (χ2v) is 8.75. The van der Waals surface area contributed by atoms with Crippen molar-refractivity contribution in [2.45, 2.75) is 27.4 Å². The van der Waals surface area contributed by atoms with E-state index < -0.39 is 5.91 Å². The molecule has 34 heavy (non-hydrogen) atoms. The Bertz CT molecular complexity index is 1290. The molecule has 0 atom stereocenters. The average Bonchev–Trinajstić information content (AvgIpc) is 2.78. The summed E-state index contributed by atoms with van der Waals surface area (Å²) in [6.07, 6.45) is 1.44. The van der Waals surface area contributed by atoms with E-state index in [9.17, 15) is 10.1 Å². The van der Waals surface area contributed by atoms with E-state index in [-0.39, 0.29) is 5.57 Å². The number of nitrogens with zero attached hydrogens (tertiary/aromatic N) is 1.